The zero-order valence-electron chi connectivity index (χ0n) is 16.3. The Hall–Kier alpha value is -2.56. The predicted octanol–water partition coefficient (Wildman–Crippen LogP) is 2.84. The van der Waals surface area contributed by atoms with Gasteiger partial charge in [-0.3, -0.25) is 4.79 Å². The summed E-state index contributed by atoms with van der Waals surface area (Å²) in [7, 11) is -3.81. The molecule has 0 amide bonds. The molecule has 30 heavy (non-hydrogen) atoms. The van der Waals surface area contributed by atoms with Crippen molar-refractivity contribution in [2.75, 3.05) is 19.0 Å². The molecule has 1 aromatic heterocycles. The van der Waals surface area contributed by atoms with Crippen molar-refractivity contribution in [1.29, 1.82) is 0 Å². The number of aromatic nitrogens is 2. The molecule has 158 valence electrons. The number of rotatable bonds is 7. The van der Waals surface area contributed by atoms with E-state index in [9.17, 15) is 13.2 Å². The van der Waals surface area contributed by atoms with Gasteiger partial charge >= 0.3 is 0 Å². The number of sulfonamides is 1. The number of nitrogens with zero attached hydrogens (tertiary/aromatic N) is 2. The fourth-order valence-corrected chi connectivity index (χ4v) is 4.71. The van der Waals surface area contributed by atoms with E-state index in [4.69, 9.17) is 14.6 Å². The minimum absolute atomic E-state index is 0.0139. The Morgan fingerprint density at radius 3 is 2.67 bits per heavy atom. The average molecular weight is 448 g/mol. The Morgan fingerprint density at radius 2 is 1.93 bits per heavy atom. The second kappa shape index (κ2) is 8.29. The summed E-state index contributed by atoms with van der Waals surface area (Å²) >= 11 is 1.32. The van der Waals surface area contributed by atoms with E-state index < -0.39 is 10.0 Å². The van der Waals surface area contributed by atoms with Crippen LogP contribution >= 0.6 is 11.8 Å². The van der Waals surface area contributed by atoms with Crippen molar-refractivity contribution in [2.24, 2.45) is 5.14 Å². The van der Waals surface area contributed by atoms with Crippen LogP contribution in [-0.4, -0.2) is 42.7 Å². The van der Waals surface area contributed by atoms with E-state index in [1.807, 2.05) is 11.5 Å². The average Bonchev–Trinajstić information content (AvgIpc) is 3.08. The summed E-state index contributed by atoms with van der Waals surface area (Å²) in [6.45, 7) is 3.70. The summed E-state index contributed by atoms with van der Waals surface area (Å²) < 4.78 is 36.3. The first-order valence-corrected chi connectivity index (χ1v) is 12.0. The number of carbonyl (C=O) groups is 1. The first kappa shape index (κ1) is 20.7. The zero-order valence-corrected chi connectivity index (χ0v) is 18.0. The van der Waals surface area contributed by atoms with Crippen molar-refractivity contribution in [1.82, 2.24) is 9.55 Å². The molecule has 1 aliphatic rings. The number of hydrogen-bond donors (Lipinski definition) is 1. The van der Waals surface area contributed by atoms with Gasteiger partial charge in [-0.2, -0.15) is 0 Å². The lowest BCUT2D eigenvalue weighted by atomic mass is 10.1. The summed E-state index contributed by atoms with van der Waals surface area (Å²) in [6, 6.07) is 9.80. The second-order valence-corrected chi connectivity index (χ2v) is 9.32. The molecule has 10 heteroatoms. The molecule has 0 saturated carbocycles. The molecule has 0 unspecified atom stereocenters. The number of thioether (sulfide) groups is 1. The number of carbonyl (C=O) groups excluding carboxylic acids is 1. The molecule has 0 bridgehead atoms. The fraction of sp³-hybridized carbons (Fsp3) is 0.300. The third-order valence-corrected chi connectivity index (χ3v) is 6.54. The minimum atomic E-state index is -3.81. The number of Topliss-reactive ketones (excluding diaryl/α,β-unsaturated/α-hetero) is 1. The Labute approximate surface area is 178 Å². The van der Waals surface area contributed by atoms with Gasteiger partial charge in [-0.15, -0.1) is 0 Å². The van der Waals surface area contributed by atoms with Crippen LogP contribution in [0.1, 0.15) is 23.7 Å². The van der Waals surface area contributed by atoms with Crippen LogP contribution in [0.5, 0.6) is 11.5 Å². The van der Waals surface area contributed by atoms with Gasteiger partial charge < -0.3 is 14.0 Å². The number of ether oxygens (including phenoxy) is 2. The first-order chi connectivity index (χ1) is 14.4. The number of hydrogen-bond acceptors (Lipinski definition) is 7. The standard InChI is InChI=1S/C20H21N3O5S2/c1-2-7-23-16-5-4-14(30(21,25)26)11-15(16)22-20(23)29-12-17(24)13-3-6-18-19(10-13)28-9-8-27-18/h3-6,10-11H,2,7-9,12H2,1H3,(H2,21,25,26). The molecule has 0 radical (unpaired) electrons. The molecule has 0 aliphatic carbocycles. The molecule has 3 aromatic rings. The number of aryl methyl sites for hydroxylation is 1. The van der Waals surface area contributed by atoms with Crippen molar-refractivity contribution in [2.45, 2.75) is 29.9 Å². The van der Waals surface area contributed by atoms with Crippen LogP contribution < -0.4 is 14.6 Å². The van der Waals surface area contributed by atoms with E-state index >= 15 is 0 Å². The van der Waals surface area contributed by atoms with Crippen molar-refractivity contribution in [3.8, 4) is 11.5 Å². The first-order valence-electron chi connectivity index (χ1n) is 9.45. The molecule has 2 heterocycles. The van der Waals surface area contributed by atoms with Crippen molar-refractivity contribution < 1.29 is 22.7 Å². The maximum Gasteiger partial charge on any atom is 0.238 e. The zero-order chi connectivity index (χ0) is 21.3. The normalized spacial score (nSPS) is 13.5. The van der Waals surface area contributed by atoms with E-state index in [0.29, 0.717) is 47.5 Å². The highest BCUT2D eigenvalue weighted by Crippen LogP contribution is 2.32. The number of nitrogens with two attached hydrogens (primary N) is 1. The summed E-state index contributed by atoms with van der Waals surface area (Å²) in [5.41, 5.74) is 1.88. The molecule has 0 atom stereocenters. The van der Waals surface area contributed by atoms with Gasteiger partial charge in [0.15, 0.2) is 22.4 Å². The molecule has 2 N–H and O–H groups in total. The fourth-order valence-electron chi connectivity index (χ4n) is 3.24. The Kier molecular flexibility index (Phi) is 5.72. The number of primary sulfonamides is 1. The Bertz CT molecular complexity index is 1220. The molecular weight excluding hydrogens is 426 g/mol. The second-order valence-electron chi connectivity index (χ2n) is 6.81. The van der Waals surface area contributed by atoms with Gasteiger partial charge in [0.1, 0.15) is 13.2 Å². The van der Waals surface area contributed by atoms with Crippen molar-refractivity contribution in [3.05, 3.63) is 42.0 Å². The highest BCUT2D eigenvalue weighted by molar-refractivity contribution is 7.99. The molecular formula is C20H21N3O5S2. The van der Waals surface area contributed by atoms with Crippen LogP contribution in [0.25, 0.3) is 11.0 Å². The maximum atomic E-state index is 12.7. The Morgan fingerprint density at radius 1 is 1.17 bits per heavy atom. The van der Waals surface area contributed by atoms with Gasteiger partial charge in [0.2, 0.25) is 10.0 Å². The van der Waals surface area contributed by atoms with Crippen LogP contribution in [0.15, 0.2) is 46.5 Å². The number of benzene rings is 2. The van der Waals surface area contributed by atoms with Gasteiger partial charge in [-0.25, -0.2) is 18.5 Å². The lowest BCUT2D eigenvalue weighted by Gasteiger charge is -2.18. The molecule has 2 aromatic carbocycles. The van der Waals surface area contributed by atoms with Gasteiger partial charge in [-0.1, -0.05) is 18.7 Å². The predicted molar refractivity (Wildman–Crippen MR) is 114 cm³/mol. The molecule has 8 nitrogen and oxygen atoms in total. The summed E-state index contributed by atoms with van der Waals surface area (Å²) in [6.07, 6.45) is 0.867. The van der Waals surface area contributed by atoms with Crippen LogP contribution in [0, 0.1) is 0 Å². The van der Waals surface area contributed by atoms with Crippen LogP contribution in [0.4, 0.5) is 0 Å². The van der Waals surface area contributed by atoms with E-state index in [-0.39, 0.29) is 16.4 Å². The van der Waals surface area contributed by atoms with Crippen LogP contribution in [0.2, 0.25) is 0 Å². The highest BCUT2D eigenvalue weighted by atomic mass is 32.2. The molecule has 0 fully saturated rings. The summed E-state index contributed by atoms with van der Waals surface area (Å²) in [5.74, 6) is 1.35. The summed E-state index contributed by atoms with van der Waals surface area (Å²) in [4.78, 5) is 17.3. The lowest BCUT2D eigenvalue weighted by molar-refractivity contribution is 0.102. The smallest absolute Gasteiger partial charge is 0.238 e. The topological polar surface area (TPSA) is 114 Å². The van der Waals surface area contributed by atoms with E-state index in [1.54, 1.807) is 24.3 Å². The van der Waals surface area contributed by atoms with Crippen molar-refractivity contribution in [3.63, 3.8) is 0 Å². The minimum Gasteiger partial charge on any atom is -0.486 e. The third-order valence-electron chi connectivity index (χ3n) is 4.66. The van der Waals surface area contributed by atoms with Crippen LogP contribution in [-0.2, 0) is 16.6 Å². The van der Waals surface area contributed by atoms with Gasteiger partial charge in [-0.05, 0) is 42.8 Å². The number of fused-ring (bicyclic) bond motifs is 2. The van der Waals surface area contributed by atoms with E-state index in [1.165, 1.54) is 23.9 Å². The lowest BCUT2D eigenvalue weighted by Crippen LogP contribution is -2.16. The van der Waals surface area contributed by atoms with E-state index in [0.717, 1.165) is 11.9 Å². The summed E-state index contributed by atoms with van der Waals surface area (Å²) in [5, 5.41) is 5.89. The molecule has 0 spiro atoms. The monoisotopic (exact) mass is 447 g/mol. The molecule has 0 saturated heterocycles. The Balaban J connectivity index is 1.58. The SMILES string of the molecule is CCCn1c(SCC(=O)c2ccc3c(c2)OCCO3)nc2cc(S(N)(=O)=O)ccc21. The number of ketones is 1. The number of imidazole rings is 1. The van der Waals surface area contributed by atoms with Gasteiger partial charge in [0, 0.05) is 12.1 Å². The molecule has 4 rings (SSSR count). The maximum absolute atomic E-state index is 12.7. The van der Waals surface area contributed by atoms with Gasteiger partial charge in [0.25, 0.3) is 0 Å². The molecule has 1 aliphatic heterocycles. The third kappa shape index (κ3) is 4.16. The van der Waals surface area contributed by atoms with Gasteiger partial charge in [0.05, 0.1) is 21.7 Å². The highest BCUT2D eigenvalue weighted by Gasteiger charge is 2.18. The largest absolute Gasteiger partial charge is 0.486 e. The van der Waals surface area contributed by atoms with E-state index in [2.05, 4.69) is 4.98 Å². The van der Waals surface area contributed by atoms with Crippen molar-refractivity contribution >= 4 is 38.6 Å². The van der Waals surface area contributed by atoms with Crippen LogP contribution in [0.3, 0.4) is 0 Å². The quantitative estimate of drug-likeness (QED) is 0.438.